The zero-order valence-electron chi connectivity index (χ0n) is 14.1. The summed E-state index contributed by atoms with van der Waals surface area (Å²) in [7, 11) is 0. The molecule has 3 rings (SSSR count). The highest BCUT2D eigenvalue weighted by atomic mass is 32.1. The molecule has 0 fully saturated rings. The molecular weight excluding hydrogens is 326 g/mol. The lowest BCUT2D eigenvalue weighted by Crippen LogP contribution is -2.05. The highest BCUT2D eigenvalue weighted by molar-refractivity contribution is 7.09. The van der Waals surface area contributed by atoms with Crippen LogP contribution in [0.2, 0.25) is 0 Å². The number of ether oxygens (including phenoxy) is 2. The molecule has 0 unspecified atom stereocenters. The van der Waals surface area contributed by atoms with Crippen LogP contribution in [0.15, 0.2) is 22.1 Å². The summed E-state index contributed by atoms with van der Waals surface area (Å²) in [6, 6.07) is 3.74. The molecule has 0 saturated heterocycles. The molecule has 1 aromatic carbocycles. The van der Waals surface area contributed by atoms with E-state index < -0.39 is 0 Å². The van der Waals surface area contributed by atoms with Crippen molar-refractivity contribution >= 4 is 28.3 Å². The molecule has 0 aliphatic carbocycles. The Morgan fingerprint density at radius 1 is 1.29 bits per heavy atom. The lowest BCUT2D eigenvalue weighted by molar-refractivity contribution is 0.0526. The molecular formula is C18H19NO4S. The fourth-order valence-electron chi connectivity index (χ4n) is 2.57. The minimum Gasteiger partial charge on any atom is -0.488 e. The van der Waals surface area contributed by atoms with E-state index in [1.165, 1.54) is 0 Å². The number of esters is 1. The van der Waals surface area contributed by atoms with Gasteiger partial charge in [0.05, 0.1) is 22.7 Å². The van der Waals surface area contributed by atoms with Gasteiger partial charge >= 0.3 is 5.97 Å². The van der Waals surface area contributed by atoms with E-state index in [9.17, 15) is 4.79 Å². The van der Waals surface area contributed by atoms with Crippen LogP contribution in [0.25, 0.3) is 11.0 Å². The molecule has 5 nitrogen and oxygen atoms in total. The molecule has 0 amide bonds. The molecule has 0 spiro atoms. The summed E-state index contributed by atoms with van der Waals surface area (Å²) in [6.45, 7) is 8.24. The van der Waals surface area contributed by atoms with Crippen LogP contribution in [0.3, 0.4) is 0 Å². The number of hydrogen-bond acceptors (Lipinski definition) is 6. The molecule has 2 heterocycles. The van der Waals surface area contributed by atoms with E-state index in [-0.39, 0.29) is 5.97 Å². The first-order chi connectivity index (χ1) is 11.5. The van der Waals surface area contributed by atoms with Crippen molar-refractivity contribution in [2.24, 2.45) is 0 Å². The largest absolute Gasteiger partial charge is 0.488 e. The number of thiazole rings is 1. The third-order valence-electron chi connectivity index (χ3n) is 3.84. The summed E-state index contributed by atoms with van der Waals surface area (Å²) in [6.07, 6.45) is 0. The van der Waals surface area contributed by atoms with Crippen molar-refractivity contribution in [3.63, 3.8) is 0 Å². The number of furan rings is 1. The second-order valence-corrected chi connectivity index (χ2v) is 6.46. The molecule has 0 bridgehead atoms. The Morgan fingerprint density at radius 2 is 2.08 bits per heavy atom. The smallest absolute Gasteiger partial charge is 0.342 e. The summed E-state index contributed by atoms with van der Waals surface area (Å²) in [5.74, 6) is 0.904. The van der Waals surface area contributed by atoms with Gasteiger partial charge < -0.3 is 13.9 Å². The van der Waals surface area contributed by atoms with Gasteiger partial charge in [-0.25, -0.2) is 9.78 Å². The number of benzene rings is 1. The predicted molar refractivity (Wildman–Crippen MR) is 92.8 cm³/mol. The van der Waals surface area contributed by atoms with Gasteiger partial charge in [0.2, 0.25) is 0 Å². The van der Waals surface area contributed by atoms with E-state index >= 15 is 0 Å². The molecule has 126 valence electrons. The van der Waals surface area contributed by atoms with Gasteiger partial charge in [-0.3, -0.25) is 0 Å². The number of fused-ring (bicyclic) bond motifs is 1. The van der Waals surface area contributed by atoms with Gasteiger partial charge in [-0.2, -0.15) is 0 Å². The maximum Gasteiger partial charge on any atom is 0.342 e. The van der Waals surface area contributed by atoms with E-state index in [4.69, 9.17) is 13.9 Å². The number of aryl methyl sites for hydroxylation is 3. The first-order valence-corrected chi connectivity index (χ1v) is 8.61. The molecule has 0 aliphatic rings. The number of rotatable bonds is 5. The van der Waals surface area contributed by atoms with Crippen molar-refractivity contribution in [3.05, 3.63) is 45.1 Å². The van der Waals surface area contributed by atoms with Gasteiger partial charge in [0.1, 0.15) is 29.3 Å². The highest BCUT2D eigenvalue weighted by Gasteiger charge is 2.21. The Hall–Kier alpha value is -2.34. The quantitative estimate of drug-likeness (QED) is 0.634. The number of hydrogen-bond donors (Lipinski definition) is 0. The van der Waals surface area contributed by atoms with Crippen LogP contribution < -0.4 is 4.74 Å². The maximum atomic E-state index is 12.2. The van der Waals surface area contributed by atoms with E-state index in [1.54, 1.807) is 25.2 Å². The highest BCUT2D eigenvalue weighted by Crippen LogP contribution is 2.33. The molecule has 6 heteroatoms. The topological polar surface area (TPSA) is 61.6 Å². The maximum absolute atomic E-state index is 12.2. The lowest BCUT2D eigenvalue weighted by atomic mass is 10.1. The molecule has 0 radical (unpaired) electrons. The standard InChI is InChI=1S/C18H19NO4S/c1-5-21-18(20)17-12(4)23-15-6-10(2)14(7-13(15)17)22-8-16-11(3)19-9-24-16/h6-7,9H,5,8H2,1-4H3. The fraction of sp³-hybridized carbons (Fsp3) is 0.333. The van der Waals surface area contributed by atoms with Crippen LogP contribution in [0.1, 0.15) is 39.2 Å². The number of carbonyl (C=O) groups excluding carboxylic acids is 1. The zero-order chi connectivity index (χ0) is 17.3. The molecule has 0 aliphatic heterocycles. The van der Waals surface area contributed by atoms with E-state index in [2.05, 4.69) is 4.98 Å². The Labute approximate surface area is 144 Å². The summed E-state index contributed by atoms with van der Waals surface area (Å²) >= 11 is 1.57. The first kappa shape index (κ1) is 16.5. The molecule has 24 heavy (non-hydrogen) atoms. The molecule has 0 saturated carbocycles. The second kappa shape index (κ2) is 6.65. The van der Waals surface area contributed by atoms with Crippen molar-refractivity contribution in [2.75, 3.05) is 6.61 Å². The van der Waals surface area contributed by atoms with Crippen LogP contribution in [-0.2, 0) is 11.3 Å². The fourth-order valence-corrected chi connectivity index (χ4v) is 3.26. The van der Waals surface area contributed by atoms with Crippen molar-refractivity contribution in [1.29, 1.82) is 0 Å². The van der Waals surface area contributed by atoms with Crippen molar-refractivity contribution in [2.45, 2.75) is 34.3 Å². The molecule has 0 N–H and O–H groups in total. The third kappa shape index (κ3) is 3.01. The van der Waals surface area contributed by atoms with Gasteiger partial charge in [0.15, 0.2) is 0 Å². The van der Waals surface area contributed by atoms with Crippen LogP contribution in [-0.4, -0.2) is 17.6 Å². The Balaban J connectivity index is 1.96. The van der Waals surface area contributed by atoms with Crippen LogP contribution >= 0.6 is 11.3 Å². The van der Waals surface area contributed by atoms with Crippen molar-refractivity contribution in [3.8, 4) is 5.75 Å². The number of carbonyl (C=O) groups is 1. The van der Waals surface area contributed by atoms with E-state index in [0.29, 0.717) is 35.5 Å². The summed E-state index contributed by atoms with van der Waals surface area (Å²) in [4.78, 5) is 17.5. The van der Waals surface area contributed by atoms with Gasteiger partial charge in [-0.15, -0.1) is 11.3 Å². The molecule has 2 aromatic heterocycles. The summed E-state index contributed by atoms with van der Waals surface area (Å²) < 4.78 is 16.8. The Kier molecular flexibility index (Phi) is 4.57. The normalized spacial score (nSPS) is 11.0. The minimum atomic E-state index is -0.373. The van der Waals surface area contributed by atoms with E-state index in [1.807, 2.05) is 31.5 Å². The average Bonchev–Trinajstić information content (AvgIpc) is 3.07. The van der Waals surface area contributed by atoms with E-state index in [0.717, 1.165) is 21.9 Å². The summed E-state index contributed by atoms with van der Waals surface area (Å²) in [5.41, 5.74) is 4.86. The zero-order valence-corrected chi connectivity index (χ0v) is 15.0. The van der Waals surface area contributed by atoms with Crippen LogP contribution in [0, 0.1) is 20.8 Å². The first-order valence-electron chi connectivity index (χ1n) is 7.73. The van der Waals surface area contributed by atoms with Gasteiger partial charge in [-0.1, -0.05) is 0 Å². The summed E-state index contributed by atoms with van der Waals surface area (Å²) in [5, 5.41) is 0.715. The van der Waals surface area contributed by atoms with Gasteiger partial charge in [0.25, 0.3) is 0 Å². The van der Waals surface area contributed by atoms with Gasteiger partial charge in [0, 0.05) is 5.39 Å². The van der Waals surface area contributed by atoms with Gasteiger partial charge in [-0.05, 0) is 45.4 Å². The van der Waals surface area contributed by atoms with Crippen molar-refractivity contribution < 1.29 is 18.7 Å². The number of nitrogens with zero attached hydrogens (tertiary/aromatic N) is 1. The average molecular weight is 345 g/mol. The number of aromatic nitrogens is 1. The van der Waals surface area contributed by atoms with Crippen molar-refractivity contribution in [1.82, 2.24) is 4.98 Å². The Bertz CT molecular complexity index is 894. The van der Waals surface area contributed by atoms with Crippen LogP contribution in [0.5, 0.6) is 5.75 Å². The Morgan fingerprint density at radius 3 is 2.75 bits per heavy atom. The third-order valence-corrected chi connectivity index (χ3v) is 4.75. The second-order valence-electron chi connectivity index (χ2n) is 5.52. The lowest BCUT2D eigenvalue weighted by Gasteiger charge is -2.09. The predicted octanol–water partition coefficient (Wildman–Crippen LogP) is 4.57. The molecule has 0 atom stereocenters. The van der Waals surface area contributed by atoms with Crippen LogP contribution in [0.4, 0.5) is 0 Å². The monoisotopic (exact) mass is 345 g/mol. The minimum absolute atomic E-state index is 0.324. The molecule has 3 aromatic rings. The SMILES string of the molecule is CCOC(=O)c1c(C)oc2cc(C)c(OCc3scnc3C)cc12.